The second-order valence-electron chi connectivity index (χ2n) is 5.22. The molecule has 0 aliphatic rings. The second kappa shape index (κ2) is 12.0. The smallest absolute Gasteiger partial charge is 0.431 e. The van der Waals surface area contributed by atoms with Crippen LogP contribution in [0, 0.1) is 0 Å². The summed E-state index contributed by atoms with van der Waals surface area (Å²) in [6, 6.07) is 0. The van der Waals surface area contributed by atoms with Gasteiger partial charge in [-0.05, 0) is 21.3 Å². The lowest BCUT2D eigenvalue weighted by Crippen LogP contribution is -2.29. The van der Waals surface area contributed by atoms with Crippen molar-refractivity contribution < 1.29 is 33.3 Å². The molecule has 2 rings (SSSR count). The number of carbonyl (C=O) groups excluding carboxylic acids is 2. The van der Waals surface area contributed by atoms with Gasteiger partial charge in [0.1, 0.15) is 31.6 Å². The SMILES string of the molecule is C=COC(=O)OCC(COC(=O)OC=C)OCn1cnc2c(N=[N+]=[N-])nc(N=[N+]=[N-])nc21. The van der Waals surface area contributed by atoms with Crippen LogP contribution in [0.25, 0.3) is 32.0 Å². The predicted molar refractivity (Wildman–Crippen MR) is 103 cm³/mol. The van der Waals surface area contributed by atoms with Crippen molar-refractivity contribution in [2.45, 2.75) is 12.8 Å². The Morgan fingerprint density at radius 1 is 1.09 bits per heavy atom. The number of imidazole rings is 1. The monoisotopic (exact) mass is 446 g/mol. The summed E-state index contributed by atoms with van der Waals surface area (Å²) in [5.41, 5.74) is 17.5. The third kappa shape index (κ3) is 6.60. The summed E-state index contributed by atoms with van der Waals surface area (Å²) in [7, 11) is 0. The van der Waals surface area contributed by atoms with Gasteiger partial charge in [-0.3, -0.25) is 4.57 Å². The molecule has 2 heterocycles. The average Bonchev–Trinajstić information content (AvgIpc) is 3.17. The summed E-state index contributed by atoms with van der Waals surface area (Å²) in [5.74, 6) is -0.479. The molecule has 0 aromatic carbocycles. The molecule has 0 bridgehead atoms. The number of nitrogens with zero attached hydrogens (tertiary/aromatic N) is 10. The van der Waals surface area contributed by atoms with E-state index >= 15 is 0 Å². The lowest BCUT2D eigenvalue weighted by Gasteiger charge is -2.17. The van der Waals surface area contributed by atoms with Gasteiger partial charge in [0.05, 0.1) is 18.9 Å². The maximum Gasteiger partial charge on any atom is 0.513 e. The molecular formula is C15H14N10O7. The zero-order chi connectivity index (χ0) is 23.3. The molecule has 0 N–H and O–H groups in total. The Morgan fingerprint density at radius 3 is 2.28 bits per heavy atom. The molecular weight excluding hydrogens is 432 g/mol. The molecule has 0 radical (unpaired) electrons. The van der Waals surface area contributed by atoms with Gasteiger partial charge in [-0.1, -0.05) is 13.2 Å². The minimum Gasteiger partial charge on any atom is -0.431 e. The maximum atomic E-state index is 11.4. The van der Waals surface area contributed by atoms with Crippen molar-refractivity contribution in [3.05, 3.63) is 52.9 Å². The van der Waals surface area contributed by atoms with Crippen molar-refractivity contribution in [1.29, 1.82) is 0 Å². The Kier molecular flexibility index (Phi) is 8.77. The van der Waals surface area contributed by atoms with E-state index in [4.69, 9.17) is 25.3 Å². The fourth-order valence-electron chi connectivity index (χ4n) is 2.07. The summed E-state index contributed by atoms with van der Waals surface area (Å²) in [6.45, 7) is 5.44. The minimum atomic E-state index is -1.05. The first kappa shape index (κ1) is 23.4. The summed E-state index contributed by atoms with van der Waals surface area (Å²) in [4.78, 5) is 39.8. The number of hydrogen-bond acceptors (Lipinski definition) is 12. The molecule has 0 unspecified atom stereocenters. The summed E-state index contributed by atoms with van der Waals surface area (Å²) in [6.07, 6.45) is -0.0576. The highest BCUT2D eigenvalue weighted by Crippen LogP contribution is 2.24. The van der Waals surface area contributed by atoms with Crippen LogP contribution in [0.1, 0.15) is 0 Å². The van der Waals surface area contributed by atoms with Crippen LogP contribution in [0.5, 0.6) is 0 Å². The highest BCUT2D eigenvalue weighted by molar-refractivity contribution is 5.82. The number of azide groups is 2. The fourth-order valence-corrected chi connectivity index (χ4v) is 2.07. The van der Waals surface area contributed by atoms with Crippen LogP contribution in [0.15, 0.2) is 42.2 Å². The van der Waals surface area contributed by atoms with Crippen molar-refractivity contribution in [2.75, 3.05) is 13.2 Å². The van der Waals surface area contributed by atoms with Gasteiger partial charge in [0.15, 0.2) is 11.5 Å². The van der Waals surface area contributed by atoms with Crippen LogP contribution in [0.4, 0.5) is 21.4 Å². The summed E-state index contributed by atoms with van der Waals surface area (Å²) < 4.78 is 25.4. The second-order valence-corrected chi connectivity index (χ2v) is 5.22. The standard InChI is InChI=1S/C15H14N10O7/c1-3-28-14(26)30-5-9(6-31-15(27)29-4-2)32-8-25-7-18-10-11(21-23-16)19-13(22-24-17)20-12(10)25/h3-4,7,9H,1-2,5-6,8H2. The summed E-state index contributed by atoms with van der Waals surface area (Å²) >= 11 is 0. The van der Waals surface area contributed by atoms with E-state index in [-0.39, 0.29) is 42.9 Å². The van der Waals surface area contributed by atoms with Gasteiger partial charge in [-0.25, -0.2) is 24.5 Å². The largest absolute Gasteiger partial charge is 0.513 e. The molecule has 17 heteroatoms. The van der Waals surface area contributed by atoms with E-state index in [9.17, 15) is 9.59 Å². The van der Waals surface area contributed by atoms with E-state index in [0.717, 1.165) is 12.5 Å². The molecule has 2 aromatic rings. The molecule has 2 aromatic heterocycles. The Bertz CT molecular complexity index is 1080. The zero-order valence-corrected chi connectivity index (χ0v) is 16.2. The number of ether oxygens (including phenoxy) is 5. The Balaban J connectivity index is 2.20. The summed E-state index contributed by atoms with van der Waals surface area (Å²) in [5, 5.41) is 6.67. The van der Waals surface area contributed by atoms with Crippen LogP contribution >= 0.6 is 0 Å². The molecule has 17 nitrogen and oxygen atoms in total. The van der Waals surface area contributed by atoms with Crippen molar-refractivity contribution >= 4 is 35.2 Å². The van der Waals surface area contributed by atoms with E-state index in [0.29, 0.717) is 0 Å². The normalized spacial score (nSPS) is 9.91. The highest BCUT2D eigenvalue weighted by atomic mass is 16.7. The molecule has 0 atom stereocenters. The maximum absolute atomic E-state index is 11.4. The lowest BCUT2D eigenvalue weighted by atomic mass is 10.4. The fraction of sp³-hybridized carbons (Fsp3) is 0.267. The predicted octanol–water partition coefficient (Wildman–Crippen LogP) is 3.65. The molecule has 0 saturated heterocycles. The van der Waals surface area contributed by atoms with Crippen molar-refractivity contribution in [3.63, 3.8) is 0 Å². The Hall–Kier alpha value is -4.85. The van der Waals surface area contributed by atoms with E-state index in [1.165, 1.54) is 10.9 Å². The molecule has 0 spiro atoms. The molecule has 166 valence electrons. The Morgan fingerprint density at radius 2 is 1.72 bits per heavy atom. The first-order valence-corrected chi connectivity index (χ1v) is 8.35. The van der Waals surface area contributed by atoms with Gasteiger partial charge in [0.25, 0.3) is 0 Å². The van der Waals surface area contributed by atoms with Crippen LogP contribution in [0.2, 0.25) is 0 Å². The number of carbonyl (C=O) groups is 2. The quantitative estimate of drug-likeness (QED) is 0.160. The number of hydrogen-bond donors (Lipinski definition) is 0. The van der Waals surface area contributed by atoms with Gasteiger partial charge < -0.3 is 23.7 Å². The lowest BCUT2D eigenvalue weighted by molar-refractivity contribution is -0.0658. The molecule has 0 saturated carbocycles. The third-order valence-corrected chi connectivity index (χ3v) is 3.29. The van der Waals surface area contributed by atoms with Crippen LogP contribution in [-0.2, 0) is 30.4 Å². The first-order chi connectivity index (χ1) is 15.5. The van der Waals surface area contributed by atoms with Crippen LogP contribution < -0.4 is 0 Å². The molecule has 0 amide bonds. The third-order valence-electron chi connectivity index (χ3n) is 3.29. The number of fused-ring (bicyclic) bond motifs is 1. The zero-order valence-electron chi connectivity index (χ0n) is 16.2. The van der Waals surface area contributed by atoms with Crippen molar-refractivity contribution in [2.24, 2.45) is 10.2 Å². The Labute approximate surface area is 178 Å². The number of rotatable bonds is 11. The average molecular weight is 446 g/mol. The van der Waals surface area contributed by atoms with E-state index in [2.05, 4.69) is 57.6 Å². The van der Waals surface area contributed by atoms with Gasteiger partial charge in [0, 0.05) is 9.82 Å². The molecule has 32 heavy (non-hydrogen) atoms. The van der Waals surface area contributed by atoms with Crippen LogP contribution in [0.3, 0.4) is 0 Å². The first-order valence-electron chi connectivity index (χ1n) is 8.35. The minimum absolute atomic E-state index is 0.108. The molecule has 0 aliphatic heterocycles. The molecule has 0 aliphatic carbocycles. The number of aromatic nitrogens is 4. The van der Waals surface area contributed by atoms with Gasteiger partial charge in [0.2, 0.25) is 5.95 Å². The van der Waals surface area contributed by atoms with Gasteiger partial charge >= 0.3 is 12.3 Å². The van der Waals surface area contributed by atoms with E-state index < -0.39 is 18.4 Å². The van der Waals surface area contributed by atoms with E-state index in [1.807, 2.05) is 0 Å². The van der Waals surface area contributed by atoms with Crippen LogP contribution in [-0.4, -0.2) is 51.1 Å². The molecule has 0 fully saturated rings. The highest BCUT2D eigenvalue weighted by Gasteiger charge is 2.18. The van der Waals surface area contributed by atoms with Gasteiger partial charge in [-0.15, -0.1) is 0 Å². The van der Waals surface area contributed by atoms with Gasteiger partial charge in [-0.2, -0.15) is 0 Å². The van der Waals surface area contributed by atoms with Crippen molar-refractivity contribution in [1.82, 2.24) is 19.5 Å². The van der Waals surface area contributed by atoms with Crippen molar-refractivity contribution in [3.8, 4) is 0 Å². The topological polar surface area (TPSA) is 221 Å². The van der Waals surface area contributed by atoms with E-state index in [1.54, 1.807) is 0 Å².